The van der Waals surface area contributed by atoms with Crippen molar-refractivity contribution in [1.29, 1.82) is 0 Å². The molecule has 0 spiro atoms. The Morgan fingerprint density at radius 2 is 1.67 bits per heavy atom. The van der Waals surface area contributed by atoms with Crippen LogP contribution in [0.25, 0.3) is 22.2 Å². The van der Waals surface area contributed by atoms with Crippen LogP contribution in [0.3, 0.4) is 0 Å². The summed E-state index contributed by atoms with van der Waals surface area (Å²) in [5, 5.41) is 10.0. The second-order valence-electron chi connectivity index (χ2n) is 11.0. The van der Waals surface area contributed by atoms with Crippen LogP contribution in [0.2, 0.25) is 5.02 Å². The number of nitrogens with zero attached hydrogens (tertiary/aromatic N) is 2. The van der Waals surface area contributed by atoms with Crippen molar-refractivity contribution < 1.29 is 4.79 Å². The van der Waals surface area contributed by atoms with Gasteiger partial charge < -0.3 is 5.32 Å². The van der Waals surface area contributed by atoms with E-state index in [1.165, 1.54) is 38.5 Å². The zero-order chi connectivity index (χ0) is 22.7. The van der Waals surface area contributed by atoms with Gasteiger partial charge in [-0.05, 0) is 93.7 Å². The number of fused-ring (bicyclic) bond motifs is 1. The van der Waals surface area contributed by atoms with E-state index >= 15 is 0 Å². The van der Waals surface area contributed by atoms with E-state index in [9.17, 15) is 4.79 Å². The maximum atomic E-state index is 13.5. The van der Waals surface area contributed by atoms with Crippen LogP contribution in [0, 0.1) is 23.2 Å². The number of halogens is 1. The molecule has 4 aliphatic carbocycles. The number of amides is 1. The predicted octanol–water partition coefficient (Wildman–Crippen LogP) is 6.64. The summed E-state index contributed by atoms with van der Waals surface area (Å²) < 4.78 is 1.87. The van der Waals surface area contributed by atoms with Gasteiger partial charge in [0.05, 0.1) is 5.52 Å². The Morgan fingerprint density at radius 3 is 2.30 bits per heavy atom. The molecule has 4 nitrogen and oxygen atoms in total. The molecule has 33 heavy (non-hydrogen) atoms. The van der Waals surface area contributed by atoms with E-state index in [1.54, 1.807) is 0 Å². The van der Waals surface area contributed by atoms with E-state index in [2.05, 4.69) is 12.2 Å². The van der Waals surface area contributed by atoms with Crippen LogP contribution in [0.5, 0.6) is 0 Å². The van der Waals surface area contributed by atoms with E-state index in [-0.39, 0.29) is 11.9 Å². The smallest absolute Gasteiger partial charge is 0.244 e. The number of carbonyl (C=O) groups excluding carboxylic acids is 1. The highest BCUT2D eigenvalue weighted by atomic mass is 35.5. The quantitative estimate of drug-likeness (QED) is 0.463. The van der Waals surface area contributed by atoms with Gasteiger partial charge in [-0.1, -0.05) is 41.9 Å². The van der Waals surface area contributed by atoms with Gasteiger partial charge in [0.25, 0.3) is 0 Å². The summed E-state index contributed by atoms with van der Waals surface area (Å²) in [5.74, 6) is 2.68. The number of hydrogen-bond acceptors (Lipinski definition) is 2. The van der Waals surface area contributed by atoms with Crippen molar-refractivity contribution in [2.24, 2.45) is 23.2 Å². The molecular weight excluding hydrogens is 430 g/mol. The van der Waals surface area contributed by atoms with Crippen LogP contribution < -0.4 is 5.32 Å². The molecule has 2 aromatic carbocycles. The van der Waals surface area contributed by atoms with Gasteiger partial charge in [-0.15, -0.1) is 0 Å². The molecule has 172 valence electrons. The first kappa shape index (κ1) is 21.2. The highest BCUT2D eigenvalue weighted by Gasteiger charge is 2.53. The summed E-state index contributed by atoms with van der Waals surface area (Å²) in [5.41, 5.74) is 3.11. The molecule has 0 unspecified atom stereocenters. The molecule has 0 aliphatic heterocycles. The maximum Gasteiger partial charge on any atom is 0.244 e. The highest BCUT2D eigenvalue weighted by Crippen LogP contribution is 2.61. The van der Waals surface area contributed by atoms with Gasteiger partial charge in [0, 0.05) is 22.0 Å². The molecule has 2 atom stereocenters. The van der Waals surface area contributed by atoms with Gasteiger partial charge in [0.15, 0.2) is 0 Å². The van der Waals surface area contributed by atoms with E-state index < -0.39 is 6.04 Å². The Kier molecular flexibility index (Phi) is 5.06. The van der Waals surface area contributed by atoms with Crippen molar-refractivity contribution in [2.45, 2.75) is 64.5 Å². The molecule has 0 radical (unpaired) electrons. The van der Waals surface area contributed by atoms with Gasteiger partial charge in [-0.25, -0.2) is 0 Å². The number of nitrogens with one attached hydrogen (secondary N) is 1. The average molecular weight is 462 g/mol. The van der Waals surface area contributed by atoms with E-state index in [0.717, 1.165) is 39.9 Å². The highest BCUT2D eigenvalue weighted by molar-refractivity contribution is 6.31. The summed E-state index contributed by atoms with van der Waals surface area (Å²) in [6, 6.07) is 15.7. The number of hydrogen-bond donors (Lipinski definition) is 1. The first-order valence-electron chi connectivity index (χ1n) is 12.5. The van der Waals surface area contributed by atoms with Crippen LogP contribution in [0.1, 0.15) is 58.4 Å². The van der Waals surface area contributed by atoms with Crippen molar-refractivity contribution in [3.8, 4) is 11.3 Å². The molecule has 4 saturated carbocycles. The van der Waals surface area contributed by atoms with Gasteiger partial charge in [-0.2, -0.15) is 5.10 Å². The van der Waals surface area contributed by atoms with Crippen molar-refractivity contribution in [3.63, 3.8) is 0 Å². The lowest BCUT2D eigenvalue weighted by atomic mass is 9.48. The number of aromatic nitrogens is 2. The van der Waals surface area contributed by atoms with Crippen LogP contribution in [-0.2, 0) is 4.79 Å². The topological polar surface area (TPSA) is 46.9 Å². The van der Waals surface area contributed by atoms with Crippen LogP contribution in [0.4, 0.5) is 0 Å². The largest absolute Gasteiger partial charge is 0.351 e. The molecule has 4 bridgehead atoms. The number of rotatable bonds is 5. The average Bonchev–Trinajstić information content (AvgIpc) is 3.16. The number of carbonyl (C=O) groups is 1. The van der Waals surface area contributed by atoms with E-state index in [0.29, 0.717) is 10.4 Å². The lowest BCUT2D eigenvalue weighted by molar-refractivity contribution is -0.128. The molecule has 7 rings (SSSR count). The molecule has 1 amide bonds. The standard InChI is InChI=1S/C28H32ClN3O/c1-17(27(33)30-18(2)28-14-19-10-20(15-28)12-21(11-19)16-28)32-25-9-8-23(29)13-24(25)26(31-32)22-6-4-3-5-7-22/h3-9,13,17-21H,10-12,14-16H2,1-2H3,(H,30,33)/t17-,18-,19?,20?,21?,28?/m0/s1. The third-order valence-corrected chi connectivity index (χ3v) is 9.06. The normalized spacial score (nSPS) is 29.8. The molecule has 1 N–H and O–H groups in total. The maximum absolute atomic E-state index is 13.5. The Labute approximate surface area is 200 Å². The zero-order valence-corrected chi connectivity index (χ0v) is 20.2. The van der Waals surface area contributed by atoms with Crippen molar-refractivity contribution in [3.05, 3.63) is 53.6 Å². The van der Waals surface area contributed by atoms with Gasteiger partial charge in [-0.3, -0.25) is 9.48 Å². The third-order valence-electron chi connectivity index (χ3n) is 8.82. The zero-order valence-electron chi connectivity index (χ0n) is 19.4. The summed E-state index contributed by atoms with van der Waals surface area (Å²) in [4.78, 5) is 13.5. The van der Waals surface area contributed by atoms with Crippen LogP contribution >= 0.6 is 11.6 Å². The van der Waals surface area contributed by atoms with Crippen LogP contribution in [-0.4, -0.2) is 21.7 Å². The summed E-state index contributed by atoms with van der Waals surface area (Å²) in [6.45, 7) is 4.20. The second kappa shape index (κ2) is 7.87. The lowest BCUT2D eigenvalue weighted by Gasteiger charge is -2.59. The van der Waals surface area contributed by atoms with E-state index in [4.69, 9.17) is 16.7 Å². The van der Waals surface area contributed by atoms with E-state index in [1.807, 2.05) is 60.1 Å². The monoisotopic (exact) mass is 461 g/mol. The summed E-state index contributed by atoms with van der Waals surface area (Å²) in [7, 11) is 0. The Morgan fingerprint density at radius 1 is 1.03 bits per heavy atom. The fourth-order valence-corrected chi connectivity index (χ4v) is 7.70. The molecule has 1 heterocycles. The molecular formula is C28H32ClN3O. The Hall–Kier alpha value is -2.33. The van der Waals surface area contributed by atoms with Gasteiger partial charge in [0.2, 0.25) is 5.91 Å². The Balaban J connectivity index is 1.29. The minimum Gasteiger partial charge on any atom is -0.351 e. The first-order valence-corrected chi connectivity index (χ1v) is 12.8. The lowest BCUT2D eigenvalue weighted by Crippen LogP contribution is -2.56. The van der Waals surface area contributed by atoms with Crippen LogP contribution in [0.15, 0.2) is 48.5 Å². The predicted molar refractivity (Wildman–Crippen MR) is 133 cm³/mol. The SMILES string of the molecule is C[C@H](NC(=O)[C@H](C)n1nc(-c2ccccc2)c2cc(Cl)ccc21)C12CC3CC(CC(C3)C1)C2. The van der Waals surface area contributed by atoms with Gasteiger partial charge >= 0.3 is 0 Å². The molecule has 0 saturated heterocycles. The third kappa shape index (κ3) is 3.58. The number of benzene rings is 2. The minimum atomic E-state index is -0.400. The fourth-order valence-electron chi connectivity index (χ4n) is 7.52. The van der Waals surface area contributed by atoms with Crippen molar-refractivity contribution >= 4 is 28.4 Å². The molecule has 4 aliphatic rings. The Bertz CT molecular complexity index is 1170. The van der Waals surface area contributed by atoms with Crippen molar-refractivity contribution in [2.75, 3.05) is 0 Å². The molecule has 3 aromatic rings. The summed E-state index contributed by atoms with van der Waals surface area (Å²) in [6.07, 6.45) is 8.11. The fraction of sp³-hybridized carbons (Fsp3) is 0.500. The van der Waals surface area contributed by atoms with Gasteiger partial charge in [0.1, 0.15) is 11.7 Å². The first-order chi connectivity index (χ1) is 15.9. The minimum absolute atomic E-state index is 0.0530. The molecule has 1 aromatic heterocycles. The molecule has 4 fully saturated rings. The molecule has 5 heteroatoms. The summed E-state index contributed by atoms with van der Waals surface area (Å²) >= 11 is 6.33. The van der Waals surface area contributed by atoms with Crippen molar-refractivity contribution in [1.82, 2.24) is 15.1 Å². The second-order valence-corrected chi connectivity index (χ2v) is 11.4.